The van der Waals surface area contributed by atoms with E-state index in [-0.39, 0.29) is 10.8 Å². The molecule has 0 aliphatic carbocycles. The Morgan fingerprint density at radius 1 is 1.26 bits per heavy atom. The van der Waals surface area contributed by atoms with E-state index in [9.17, 15) is 4.39 Å². The van der Waals surface area contributed by atoms with Gasteiger partial charge in [-0.3, -0.25) is 0 Å². The van der Waals surface area contributed by atoms with Crippen LogP contribution in [0.3, 0.4) is 0 Å². The van der Waals surface area contributed by atoms with Gasteiger partial charge < -0.3 is 11.1 Å². The lowest BCUT2D eigenvalue weighted by molar-refractivity contribution is 0.627. The molecule has 0 heterocycles. The van der Waals surface area contributed by atoms with E-state index in [1.54, 1.807) is 24.3 Å². The molecule has 0 unspecified atom stereocenters. The summed E-state index contributed by atoms with van der Waals surface area (Å²) in [5.74, 6) is -0.321. The second kappa shape index (κ2) is 5.86. The molecule has 0 atom stereocenters. The second-order valence-corrected chi connectivity index (χ2v) is 5.48. The van der Waals surface area contributed by atoms with Crippen molar-refractivity contribution < 1.29 is 4.39 Å². The van der Waals surface area contributed by atoms with Crippen molar-refractivity contribution in [3.8, 4) is 0 Å². The molecule has 0 saturated carbocycles. The highest BCUT2D eigenvalue weighted by atomic mass is 79.9. The van der Waals surface area contributed by atoms with Crippen molar-refractivity contribution in [2.75, 3.05) is 5.32 Å². The summed E-state index contributed by atoms with van der Waals surface area (Å²) < 4.78 is 13.6. The fraction of sp³-hybridized carbons (Fsp3) is 0. The van der Waals surface area contributed by atoms with Gasteiger partial charge in [0, 0.05) is 4.47 Å². The predicted octanol–water partition coefficient (Wildman–Crippen LogP) is 4.62. The van der Waals surface area contributed by atoms with E-state index in [2.05, 4.69) is 21.2 Å². The maximum atomic E-state index is 13.0. The smallest absolute Gasteiger partial charge is 0.124 e. The molecule has 0 amide bonds. The van der Waals surface area contributed by atoms with Crippen LogP contribution in [-0.4, -0.2) is 4.99 Å². The first-order chi connectivity index (χ1) is 8.99. The second-order valence-electron chi connectivity index (χ2n) is 3.78. The molecule has 0 bridgehead atoms. The lowest BCUT2D eigenvalue weighted by Crippen LogP contribution is -2.12. The van der Waals surface area contributed by atoms with Crippen LogP contribution in [0.4, 0.5) is 15.8 Å². The summed E-state index contributed by atoms with van der Waals surface area (Å²) in [6.45, 7) is 0. The van der Waals surface area contributed by atoms with Crippen LogP contribution >= 0.6 is 39.7 Å². The van der Waals surface area contributed by atoms with Gasteiger partial charge in [-0.2, -0.15) is 0 Å². The van der Waals surface area contributed by atoms with Crippen LogP contribution in [0.25, 0.3) is 0 Å². The fourth-order valence-electron chi connectivity index (χ4n) is 1.61. The van der Waals surface area contributed by atoms with Crippen LogP contribution in [0.2, 0.25) is 5.02 Å². The van der Waals surface area contributed by atoms with Crippen LogP contribution in [0.15, 0.2) is 40.9 Å². The Bertz CT molecular complexity index is 649. The molecule has 3 N–H and O–H groups in total. The average molecular weight is 360 g/mol. The van der Waals surface area contributed by atoms with Crippen LogP contribution in [0.1, 0.15) is 5.56 Å². The molecule has 2 aromatic rings. The first-order valence-electron chi connectivity index (χ1n) is 5.29. The first-order valence-corrected chi connectivity index (χ1v) is 6.87. The van der Waals surface area contributed by atoms with Crippen molar-refractivity contribution in [3.63, 3.8) is 0 Å². The van der Waals surface area contributed by atoms with Crippen LogP contribution in [-0.2, 0) is 0 Å². The molecule has 2 nitrogen and oxygen atoms in total. The molecular formula is C13H9BrClFN2S. The zero-order valence-corrected chi connectivity index (χ0v) is 12.7. The number of nitrogens with one attached hydrogen (secondary N) is 1. The average Bonchev–Trinajstić information content (AvgIpc) is 2.32. The van der Waals surface area contributed by atoms with Gasteiger partial charge in [0.2, 0.25) is 0 Å². The summed E-state index contributed by atoms with van der Waals surface area (Å²) in [5.41, 5.74) is 7.60. The summed E-state index contributed by atoms with van der Waals surface area (Å²) in [6, 6.07) is 9.63. The molecule has 98 valence electrons. The molecule has 0 radical (unpaired) electrons. The minimum atomic E-state index is -0.321. The number of nitrogens with two attached hydrogens (primary N) is 1. The third-order valence-corrected chi connectivity index (χ3v) is 3.64. The third kappa shape index (κ3) is 3.23. The van der Waals surface area contributed by atoms with Gasteiger partial charge in [0.1, 0.15) is 10.8 Å². The first kappa shape index (κ1) is 14.2. The zero-order chi connectivity index (χ0) is 14.0. The number of hydrogen-bond acceptors (Lipinski definition) is 2. The van der Waals surface area contributed by atoms with E-state index >= 15 is 0 Å². The van der Waals surface area contributed by atoms with Crippen molar-refractivity contribution in [1.29, 1.82) is 0 Å². The number of benzene rings is 2. The molecule has 2 rings (SSSR count). The Balaban J connectivity index is 2.44. The summed E-state index contributed by atoms with van der Waals surface area (Å²) >= 11 is 14.4. The highest BCUT2D eigenvalue weighted by molar-refractivity contribution is 9.10. The zero-order valence-electron chi connectivity index (χ0n) is 9.58. The largest absolute Gasteiger partial charge is 0.389 e. The fourth-order valence-corrected chi connectivity index (χ4v) is 2.62. The molecule has 0 aliphatic rings. The number of rotatable bonds is 3. The Morgan fingerprint density at radius 2 is 2.00 bits per heavy atom. The van der Waals surface area contributed by atoms with Gasteiger partial charge >= 0.3 is 0 Å². The highest BCUT2D eigenvalue weighted by Crippen LogP contribution is 2.31. The molecule has 0 saturated heterocycles. The topological polar surface area (TPSA) is 38.0 Å². The van der Waals surface area contributed by atoms with Crippen molar-refractivity contribution in [1.82, 2.24) is 0 Å². The molecule has 0 aromatic heterocycles. The maximum Gasteiger partial charge on any atom is 0.124 e. The minimum absolute atomic E-state index is 0.200. The number of anilines is 2. The number of thiocarbonyl (C=S) groups is 1. The lowest BCUT2D eigenvalue weighted by atomic mass is 10.1. The van der Waals surface area contributed by atoms with Crippen molar-refractivity contribution >= 4 is 56.1 Å². The summed E-state index contributed by atoms with van der Waals surface area (Å²) in [4.78, 5) is 0.200. The van der Waals surface area contributed by atoms with E-state index in [1.165, 1.54) is 12.1 Å². The van der Waals surface area contributed by atoms with E-state index in [0.29, 0.717) is 26.4 Å². The van der Waals surface area contributed by atoms with Gasteiger partial charge in [0.25, 0.3) is 0 Å². The van der Waals surface area contributed by atoms with Crippen molar-refractivity contribution in [2.24, 2.45) is 5.73 Å². The summed E-state index contributed by atoms with van der Waals surface area (Å²) in [7, 11) is 0. The molecule has 19 heavy (non-hydrogen) atoms. The maximum absolute atomic E-state index is 13.0. The third-order valence-electron chi connectivity index (χ3n) is 2.46. The van der Waals surface area contributed by atoms with Crippen LogP contribution < -0.4 is 11.1 Å². The van der Waals surface area contributed by atoms with E-state index in [0.717, 1.165) is 0 Å². The minimum Gasteiger partial charge on any atom is -0.389 e. The van der Waals surface area contributed by atoms with E-state index < -0.39 is 0 Å². The highest BCUT2D eigenvalue weighted by Gasteiger charge is 2.11. The van der Waals surface area contributed by atoms with E-state index in [1.807, 2.05) is 0 Å². The Kier molecular flexibility index (Phi) is 4.39. The van der Waals surface area contributed by atoms with Crippen LogP contribution in [0, 0.1) is 5.82 Å². The molecule has 6 heteroatoms. The van der Waals surface area contributed by atoms with E-state index in [4.69, 9.17) is 29.6 Å². The van der Waals surface area contributed by atoms with Crippen molar-refractivity contribution in [2.45, 2.75) is 0 Å². The Morgan fingerprint density at radius 3 is 2.63 bits per heavy atom. The SMILES string of the molecule is NC(=S)c1c(Cl)cccc1Nc1ccc(F)cc1Br. The molecule has 0 fully saturated rings. The monoisotopic (exact) mass is 358 g/mol. The predicted molar refractivity (Wildman–Crippen MR) is 84.7 cm³/mol. The molecule has 2 aromatic carbocycles. The number of hydrogen-bond donors (Lipinski definition) is 2. The lowest BCUT2D eigenvalue weighted by Gasteiger charge is -2.13. The standard InChI is InChI=1S/C13H9BrClFN2S/c14-8-6-7(16)4-5-10(8)18-11-3-1-2-9(15)12(11)13(17)19/h1-6,18H,(H2,17,19). The van der Waals surface area contributed by atoms with Gasteiger partial charge in [0.15, 0.2) is 0 Å². The van der Waals surface area contributed by atoms with Gasteiger partial charge in [0.05, 0.1) is 22.0 Å². The van der Waals surface area contributed by atoms with Crippen molar-refractivity contribution in [3.05, 3.63) is 57.3 Å². The van der Waals surface area contributed by atoms with Gasteiger partial charge in [-0.1, -0.05) is 29.9 Å². The Labute approximate surface area is 128 Å². The Hall–Kier alpha value is -1.17. The molecule has 0 aliphatic heterocycles. The quantitative estimate of drug-likeness (QED) is 0.785. The molecular weight excluding hydrogens is 351 g/mol. The van der Waals surface area contributed by atoms with Gasteiger partial charge in [-0.15, -0.1) is 0 Å². The normalized spacial score (nSPS) is 10.3. The van der Waals surface area contributed by atoms with Gasteiger partial charge in [-0.05, 0) is 46.3 Å². The van der Waals surface area contributed by atoms with Crippen LogP contribution in [0.5, 0.6) is 0 Å². The summed E-state index contributed by atoms with van der Waals surface area (Å²) in [6.07, 6.45) is 0. The number of halogens is 3. The molecule has 0 spiro atoms. The summed E-state index contributed by atoms with van der Waals surface area (Å²) in [5, 5.41) is 3.59. The van der Waals surface area contributed by atoms with Gasteiger partial charge in [-0.25, -0.2) is 4.39 Å².